The van der Waals surface area contributed by atoms with E-state index in [0.29, 0.717) is 16.7 Å². The Hall–Kier alpha value is -5.32. The second kappa shape index (κ2) is 10.7. The number of hydrogen-bond acceptors (Lipinski definition) is 2. The molecular formula is C37H24F2N2. The van der Waals surface area contributed by atoms with E-state index < -0.39 is 0 Å². The van der Waals surface area contributed by atoms with Gasteiger partial charge in [0.1, 0.15) is 29.4 Å². The summed E-state index contributed by atoms with van der Waals surface area (Å²) < 4.78 is 28.4. The summed E-state index contributed by atoms with van der Waals surface area (Å²) in [4.78, 5) is 0. The van der Waals surface area contributed by atoms with Crippen LogP contribution >= 0.6 is 0 Å². The summed E-state index contributed by atoms with van der Waals surface area (Å²) in [5.41, 5.74) is 7.45. The van der Waals surface area contributed by atoms with Crippen molar-refractivity contribution in [2.24, 2.45) is 5.92 Å². The Balaban J connectivity index is 1.85. The Kier molecular flexibility index (Phi) is 6.76. The topological polar surface area (TPSA) is 47.6 Å². The molecule has 2 aliphatic rings. The molecule has 0 fully saturated rings. The van der Waals surface area contributed by atoms with Crippen molar-refractivity contribution in [1.29, 1.82) is 10.5 Å². The van der Waals surface area contributed by atoms with Crippen molar-refractivity contribution in [1.82, 2.24) is 0 Å². The van der Waals surface area contributed by atoms with Gasteiger partial charge in [0.15, 0.2) is 0 Å². The predicted octanol–water partition coefficient (Wildman–Crippen LogP) is 7.69. The molecule has 4 heteroatoms. The van der Waals surface area contributed by atoms with Gasteiger partial charge < -0.3 is 0 Å². The maximum absolute atomic E-state index is 14.3. The van der Waals surface area contributed by atoms with Crippen LogP contribution in [0, 0.1) is 34.4 Å². The van der Waals surface area contributed by atoms with E-state index in [1.54, 1.807) is 18.2 Å². The molecule has 196 valence electrons. The quantitative estimate of drug-likeness (QED) is 0.252. The van der Waals surface area contributed by atoms with E-state index in [4.69, 9.17) is 0 Å². The van der Waals surface area contributed by atoms with Gasteiger partial charge in [-0.25, -0.2) is 8.78 Å². The average Bonchev–Trinajstić information content (AvgIpc) is 3.32. The molecule has 0 spiro atoms. The van der Waals surface area contributed by atoms with E-state index in [1.807, 2.05) is 43.3 Å². The highest BCUT2D eigenvalue weighted by atomic mass is 19.1. The van der Waals surface area contributed by atoms with Gasteiger partial charge in [0, 0.05) is 12.0 Å². The first-order valence-corrected chi connectivity index (χ1v) is 13.4. The zero-order valence-electron chi connectivity index (χ0n) is 22.3. The van der Waals surface area contributed by atoms with Crippen molar-refractivity contribution in [3.05, 3.63) is 154 Å². The predicted molar refractivity (Wildman–Crippen MR) is 158 cm³/mol. The van der Waals surface area contributed by atoms with Crippen molar-refractivity contribution in [2.75, 3.05) is 0 Å². The summed E-state index contributed by atoms with van der Waals surface area (Å²) in [5, 5.41) is 22.0. The molecule has 0 amide bonds. The van der Waals surface area contributed by atoms with Crippen molar-refractivity contribution >= 4 is 11.1 Å². The molecule has 0 saturated heterocycles. The minimum Gasteiger partial charge on any atom is -0.212 e. The van der Waals surface area contributed by atoms with Gasteiger partial charge in [-0.05, 0) is 91.2 Å². The molecule has 2 nitrogen and oxygen atoms in total. The zero-order valence-corrected chi connectivity index (χ0v) is 22.3. The molecule has 0 bridgehead atoms. The smallest absolute Gasteiger partial charge is 0.138 e. The maximum atomic E-state index is 14.3. The van der Waals surface area contributed by atoms with Crippen LogP contribution in [0.4, 0.5) is 8.78 Å². The fraction of sp³-hybridized carbons (Fsp3) is 0.0811. The van der Waals surface area contributed by atoms with Gasteiger partial charge in [-0.2, -0.15) is 10.5 Å². The molecule has 0 saturated carbocycles. The second-order valence-corrected chi connectivity index (χ2v) is 10.2. The number of rotatable bonds is 4. The molecule has 0 radical (unpaired) electrons. The van der Waals surface area contributed by atoms with Gasteiger partial charge in [0.25, 0.3) is 0 Å². The highest BCUT2D eigenvalue weighted by molar-refractivity contribution is 6.04. The summed E-state index contributed by atoms with van der Waals surface area (Å²) in [6.45, 7) is 1.95. The van der Waals surface area contributed by atoms with Crippen LogP contribution in [-0.2, 0) is 0 Å². The third kappa shape index (κ3) is 4.61. The molecule has 41 heavy (non-hydrogen) atoms. The number of benzene rings is 4. The Labute approximate surface area is 237 Å². The number of hydrogen-bond donors (Lipinski definition) is 0. The Bertz CT molecular complexity index is 1970. The minimum atomic E-state index is -0.378. The molecule has 2 aliphatic carbocycles. The molecular weight excluding hydrogens is 510 g/mol. The van der Waals surface area contributed by atoms with Crippen LogP contribution in [0.25, 0.3) is 33.4 Å². The summed E-state index contributed by atoms with van der Waals surface area (Å²) in [6.07, 6.45) is 3.45. The highest BCUT2D eigenvalue weighted by Crippen LogP contribution is 2.42. The first-order chi connectivity index (χ1) is 20.0. The van der Waals surface area contributed by atoms with Gasteiger partial charge >= 0.3 is 0 Å². The standard InChI is InChI=1S/C37H24F2N2/c1-23-18-29(39)16-17-30(23)37-34-20-32(25-10-6-3-7-11-25)31(24-8-4-2-5-9-24)19-33(34)35(36(37)27(21-40)22-41)26-12-14-28(38)15-13-26/h2-17,19-20,23H,18H2,1H3. The Morgan fingerprint density at radius 1 is 0.683 bits per heavy atom. The van der Waals surface area contributed by atoms with Crippen molar-refractivity contribution in [2.45, 2.75) is 13.3 Å². The number of nitrogens with zero attached hydrogens (tertiary/aromatic N) is 2. The summed E-state index contributed by atoms with van der Waals surface area (Å²) in [5.74, 6) is -0.770. The zero-order chi connectivity index (χ0) is 28.5. The summed E-state index contributed by atoms with van der Waals surface area (Å²) >= 11 is 0. The normalized spacial score (nSPS) is 15.9. The SMILES string of the molecule is CC1CC(F)=CC=C1C1=c2cc(-c3ccccc3)c(-c3ccccc3)cc2=C(c2ccc(F)cc2)C1=C(C#N)C#N. The molecule has 0 heterocycles. The number of nitriles is 2. The molecule has 6 rings (SSSR count). The third-order valence-corrected chi connectivity index (χ3v) is 7.74. The van der Waals surface area contributed by atoms with E-state index >= 15 is 0 Å². The monoisotopic (exact) mass is 534 g/mol. The fourth-order valence-corrected chi connectivity index (χ4v) is 5.87. The van der Waals surface area contributed by atoms with Crippen molar-refractivity contribution in [3.8, 4) is 34.4 Å². The van der Waals surface area contributed by atoms with Crippen LogP contribution in [0.3, 0.4) is 0 Å². The lowest BCUT2D eigenvalue weighted by Crippen LogP contribution is -2.26. The van der Waals surface area contributed by atoms with Crippen LogP contribution in [0.2, 0.25) is 0 Å². The molecule has 1 unspecified atom stereocenters. The Morgan fingerprint density at radius 3 is 1.73 bits per heavy atom. The van der Waals surface area contributed by atoms with Crippen LogP contribution in [0.1, 0.15) is 18.9 Å². The molecule has 0 N–H and O–H groups in total. The van der Waals surface area contributed by atoms with E-state index in [1.165, 1.54) is 18.2 Å². The van der Waals surface area contributed by atoms with E-state index in [2.05, 4.69) is 48.5 Å². The van der Waals surface area contributed by atoms with Gasteiger partial charge in [-0.3, -0.25) is 0 Å². The van der Waals surface area contributed by atoms with E-state index in [0.717, 1.165) is 43.8 Å². The van der Waals surface area contributed by atoms with Crippen molar-refractivity contribution in [3.63, 3.8) is 0 Å². The first-order valence-electron chi connectivity index (χ1n) is 13.4. The highest BCUT2D eigenvalue weighted by Gasteiger charge is 2.31. The van der Waals surface area contributed by atoms with Crippen LogP contribution < -0.4 is 10.4 Å². The minimum absolute atomic E-state index is 0.0406. The first kappa shape index (κ1) is 25.9. The van der Waals surface area contributed by atoms with Crippen molar-refractivity contribution < 1.29 is 8.78 Å². The molecule has 1 atom stereocenters. The number of halogens is 2. The van der Waals surface area contributed by atoms with E-state index in [-0.39, 0.29) is 29.6 Å². The van der Waals surface area contributed by atoms with Crippen LogP contribution in [-0.4, -0.2) is 0 Å². The number of allylic oxidation sites excluding steroid dienone is 6. The van der Waals surface area contributed by atoms with Crippen LogP contribution in [0.5, 0.6) is 0 Å². The van der Waals surface area contributed by atoms with Gasteiger partial charge in [-0.1, -0.05) is 85.8 Å². The molecule has 0 aromatic heterocycles. The molecule has 4 aromatic carbocycles. The third-order valence-electron chi connectivity index (χ3n) is 7.74. The van der Waals surface area contributed by atoms with Gasteiger partial charge in [-0.15, -0.1) is 0 Å². The number of fused-ring (bicyclic) bond motifs is 1. The fourth-order valence-electron chi connectivity index (χ4n) is 5.87. The lowest BCUT2D eigenvalue weighted by Gasteiger charge is -2.22. The second-order valence-electron chi connectivity index (χ2n) is 10.2. The van der Waals surface area contributed by atoms with E-state index in [9.17, 15) is 19.3 Å². The summed E-state index contributed by atoms with van der Waals surface area (Å²) in [7, 11) is 0. The molecule has 0 aliphatic heterocycles. The average molecular weight is 535 g/mol. The van der Waals surface area contributed by atoms with Gasteiger partial charge in [0.2, 0.25) is 0 Å². The molecule has 4 aromatic rings. The Morgan fingerprint density at radius 2 is 1.22 bits per heavy atom. The largest absolute Gasteiger partial charge is 0.212 e. The lowest BCUT2D eigenvalue weighted by molar-refractivity contribution is 0.527. The van der Waals surface area contributed by atoms with Crippen LogP contribution in [0.15, 0.2) is 132 Å². The maximum Gasteiger partial charge on any atom is 0.138 e. The summed E-state index contributed by atoms with van der Waals surface area (Å²) in [6, 6.07) is 34.7. The van der Waals surface area contributed by atoms with Gasteiger partial charge in [0.05, 0.1) is 0 Å². The lowest BCUT2D eigenvalue weighted by atomic mass is 9.81.